The molecular formula is C21H23ClN2O3. The Labute approximate surface area is 164 Å². The Kier molecular flexibility index (Phi) is 6.35. The number of nitrogens with one attached hydrogen (secondary N) is 2. The van der Waals surface area contributed by atoms with Gasteiger partial charge in [-0.2, -0.15) is 0 Å². The summed E-state index contributed by atoms with van der Waals surface area (Å²) in [5.74, 6) is -0.109. The molecule has 0 spiro atoms. The average Bonchev–Trinajstić information content (AvgIpc) is 3.03. The number of carbonyl (C=O) groups excluding carboxylic acids is 2. The van der Waals surface area contributed by atoms with E-state index < -0.39 is 0 Å². The quantitative estimate of drug-likeness (QED) is 0.681. The Morgan fingerprint density at radius 2 is 1.85 bits per heavy atom. The highest BCUT2D eigenvalue weighted by molar-refractivity contribution is 6.30. The monoisotopic (exact) mass is 386 g/mol. The smallest absolute Gasteiger partial charge is 0.319 e. The van der Waals surface area contributed by atoms with Crippen molar-refractivity contribution in [3.8, 4) is 0 Å². The Hall–Kier alpha value is -2.53. The number of halogens is 1. The van der Waals surface area contributed by atoms with E-state index in [1.807, 2.05) is 36.4 Å². The molecule has 27 heavy (non-hydrogen) atoms. The van der Waals surface area contributed by atoms with E-state index in [4.69, 9.17) is 16.3 Å². The normalized spacial score (nSPS) is 18.8. The molecule has 6 heteroatoms. The highest BCUT2D eigenvalue weighted by Crippen LogP contribution is 2.35. The van der Waals surface area contributed by atoms with Gasteiger partial charge in [-0.3, -0.25) is 4.79 Å². The van der Waals surface area contributed by atoms with Crippen LogP contribution in [0.3, 0.4) is 0 Å². The molecule has 0 aromatic heterocycles. The van der Waals surface area contributed by atoms with E-state index in [0.717, 1.165) is 30.4 Å². The summed E-state index contributed by atoms with van der Waals surface area (Å²) in [6, 6.07) is 14.4. The van der Waals surface area contributed by atoms with Gasteiger partial charge in [0.1, 0.15) is 6.10 Å². The first kappa shape index (κ1) is 19.2. The largest absolute Gasteiger partial charge is 0.457 e. The lowest BCUT2D eigenvalue weighted by atomic mass is 9.96. The van der Waals surface area contributed by atoms with Gasteiger partial charge in [0, 0.05) is 23.7 Å². The molecule has 0 bridgehead atoms. The second-order valence-electron chi connectivity index (χ2n) is 6.70. The van der Waals surface area contributed by atoms with Crippen molar-refractivity contribution in [3.63, 3.8) is 0 Å². The number of carbonyl (C=O) groups is 2. The van der Waals surface area contributed by atoms with Gasteiger partial charge < -0.3 is 15.4 Å². The van der Waals surface area contributed by atoms with Crippen molar-refractivity contribution in [1.82, 2.24) is 5.32 Å². The zero-order chi connectivity index (χ0) is 19.2. The Morgan fingerprint density at radius 3 is 2.52 bits per heavy atom. The van der Waals surface area contributed by atoms with E-state index in [9.17, 15) is 9.59 Å². The van der Waals surface area contributed by atoms with Crippen LogP contribution in [0.15, 0.2) is 48.5 Å². The van der Waals surface area contributed by atoms with Crippen LogP contribution in [-0.4, -0.2) is 12.0 Å². The molecule has 3 rings (SSSR count). The zero-order valence-electron chi connectivity index (χ0n) is 15.2. The first-order valence-corrected chi connectivity index (χ1v) is 9.52. The predicted octanol–water partition coefficient (Wildman–Crippen LogP) is 5.07. The summed E-state index contributed by atoms with van der Waals surface area (Å²) in [4.78, 5) is 23.9. The van der Waals surface area contributed by atoms with Crippen LogP contribution in [-0.2, 0) is 16.1 Å². The number of amides is 2. The molecule has 0 radical (unpaired) electrons. The minimum atomic E-state index is -0.284. The average molecular weight is 387 g/mol. The molecule has 1 aliphatic rings. The molecule has 0 aliphatic carbocycles. The van der Waals surface area contributed by atoms with Gasteiger partial charge in [-0.15, -0.1) is 0 Å². The Balaban J connectivity index is 1.51. The summed E-state index contributed by atoms with van der Waals surface area (Å²) in [5.41, 5.74) is 2.60. The molecule has 1 aliphatic heterocycles. The maximum atomic E-state index is 12.0. The van der Waals surface area contributed by atoms with E-state index in [1.54, 1.807) is 12.1 Å². The number of rotatable bonds is 6. The zero-order valence-corrected chi connectivity index (χ0v) is 16.0. The highest BCUT2D eigenvalue weighted by atomic mass is 35.5. The van der Waals surface area contributed by atoms with Crippen LogP contribution in [0.25, 0.3) is 0 Å². The van der Waals surface area contributed by atoms with Crippen molar-refractivity contribution in [2.75, 3.05) is 5.32 Å². The molecule has 1 heterocycles. The molecule has 2 amide bonds. The van der Waals surface area contributed by atoms with Gasteiger partial charge in [-0.05, 0) is 41.8 Å². The molecule has 2 aromatic carbocycles. The minimum Gasteiger partial charge on any atom is -0.457 e. The van der Waals surface area contributed by atoms with Crippen molar-refractivity contribution in [2.24, 2.45) is 5.92 Å². The van der Waals surface area contributed by atoms with Crippen molar-refractivity contribution in [1.29, 1.82) is 0 Å². The number of esters is 1. The number of benzene rings is 2. The van der Waals surface area contributed by atoms with E-state index in [-0.39, 0.29) is 24.0 Å². The van der Waals surface area contributed by atoms with Crippen molar-refractivity contribution in [3.05, 3.63) is 64.7 Å². The topological polar surface area (TPSA) is 67.4 Å². The van der Waals surface area contributed by atoms with Crippen LogP contribution < -0.4 is 10.6 Å². The lowest BCUT2D eigenvalue weighted by Gasteiger charge is -2.11. The van der Waals surface area contributed by atoms with Crippen molar-refractivity contribution >= 4 is 29.3 Å². The van der Waals surface area contributed by atoms with Crippen LogP contribution in [0.2, 0.25) is 5.02 Å². The van der Waals surface area contributed by atoms with Gasteiger partial charge in [-0.25, -0.2) is 4.79 Å². The standard InChI is InChI=1S/C21H23ClN2O3/c1-2-3-16-12-19(27-20(16)25)15-6-10-18(11-7-15)24-21(26)23-13-14-4-8-17(22)9-5-14/h4-11,16,19H,2-3,12-13H2,1H3,(H2,23,24,26)/t16?,19-/m0/s1. The molecule has 1 saturated heterocycles. The summed E-state index contributed by atoms with van der Waals surface area (Å²) in [6.45, 7) is 2.48. The highest BCUT2D eigenvalue weighted by Gasteiger charge is 2.34. The molecule has 1 unspecified atom stereocenters. The van der Waals surface area contributed by atoms with Gasteiger partial charge in [0.25, 0.3) is 0 Å². The Bertz CT molecular complexity index is 790. The van der Waals surface area contributed by atoms with Crippen LogP contribution in [0.5, 0.6) is 0 Å². The molecule has 2 aromatic rings. The van der Waals surface area contributed by atoms with Gasteiger partial charge in [-0.1, -0.05) is 49.2 Å². The number of hydrogen-bond donors (Lipinski definition) is 2. The molecule has 1 fully saturated rings. The third-order valence-electron chi connectivity index (χ3n) is 4.63. The molecular weight excluding hydrogens is 364 g/mol. The molecule has 2 N–H and O–H groups in total. The fourth-order valence-corrected chi connectivity index (χ4v) is 3.29. The maximum Gasteiger partial charge on any atom is 0.319 e. The first-order chi connectivity index (χ1) is 13.0. The van der Waals surface area contributed by atoms with Gasteiger partial charge in [0.2, 0.25) is 0 Å². The van der Waals surface area contributed by atoms with E-state index in [0.29, 0.717) is 17.3 Å². The van der Waals surface area contributed by atoms with Gasteiger partial charge in [0.15, 0.2) is 0 Å². The number of hydrogen-bond acceptors (Lipinski definition) is 3. The van der Waals surface area contributed by atoms with Gasteiger partial charge in [0.05, 0.1) is 5.92 Å². The van der Waals surface area contributed by atoms with Crippen LogP contribution in [0.4, 0.5) is 10.5 Å². The maximum absolute atomic E-state index is 12.0. The molecule has 142 valence electrons. The summed E-state index contributed by atoms with van der Waals surface area (Å²) >= 11 is 5.85. The lowest BCUT2D eigenvalue weighted by Crippen LogP contribution is -2.28. The van der Waals surface area contributed by atoms with E-state index >= 15 is 0 Å². The molecule has 0 saturated carbocycles. The summed E-state index contributed by atoms with van der Waals surface area (Å²) in [5, 5.41) is 6.26. The summed E-state index contributed by atoms with van der Waals surface area (Å²) < 4.78 is 5.48. The minimum absolute atomic E-state index is 0.00329. The SMILES string of the molecule is CCCC1C[C@@H](c2ccc(NC(=O)NCc3ccc(Cl)cc3)cc2)OC1=O. The van der Waals surface area contributed by atoms with Crippen molar-refractivity contribution < 1.29 is 14.3 Å². The fourth-order valence-electron chi connectivity index (χ4n) is 3.17. The first-order valence-electron chi connectivity index (χ1n) is 9.15. The lowest BCUT2D eigenvalue weighted by molar-refractivity contribution is -0.144. The number of urea groups is 1. The Morgan fingerprint density at radius 1 is 1.15 bits per heavy atom. The van der Waals surface area contributed by atoms with Crippen LogP contribution in [0, 0.1) is 5.92 Å². The third kappa shape index (κ3) is 5.23. The second-order valence-corrected chi connectivity index (χ2v) is 7.14. The fraction of sp³-hybridized carbons (Fsp3) is 0.333. The van der Waals surface area contributed by atoms with Gasteiger partial charge >= 0.3 is 12.0 Å². The molecule has 2 atom stereocenters. The number of ether oxygens (including phenoxy) is 1. The van der Waals surface area contributed by atoms with Crippen LogP contribution in [0.1, 0.15) is 43.4 Å². The van der Waals surface area contributed by atoms with E-state index in [2.05, 4.69) is 17.6 Å². The van der Waals surface area contributed by atoms with Crippen LogP contribution >= 0.6 is 11.6 Å². The number of anilines is 1. The van der Waals surface area contributed by atoms with E-state index in [1.165, 1.54) is 0 Å². The molecule has 5 nitrogen and oxygen atoms in total. The third-order valence-corrected chi connectivity index (χ3v) is 4.89. The van der Waals surface area contributed by atoms with Crippen molar-refractivity contribution in [2.45, 2.75) is 38.8 Å². The number of cyclic esters (lactones) is 1. The second kappa shape index (κ2) is 8.91. The summed E-state index contributed by atoms with van der Waals surface area (Å²) in [6.07, 6.45) is 2.37. The predicted molar refractivity (Wildman–Crippen MR) is 106 cm³/mol. The summed E-state index contributed by atoms with van der Waals surface area (Å²) in [7, 11) is 0.